The quantitative estimate of drug-likeness (QED) is 0.0333. The minimum Gasteiger partial charge on any atom is -0.394 e. The standard InChI is InChI=1S/C49H97NO8/c1-3-5-7-8-9-10-11-12-13-14-15-16-17-18-19-20-21-22-23-24-25-26-27-28-29-30-31-32-33-34-35-37-39-45(53)50-42(43(52)38-36-6-4-2)41-57-49-48(56)47(55)46(54)44(40-51)58-49/h42-44,46-49,51-52,54-56H,3-41H2,1-2H3,(H,50,53). The van der Waals surface area contributed by atoms with E-state index in [9.17, 15) is 30.3 Å². The monoisotopic (exact) mass is 828 g/mol. The highest BCUT2D eigenvalue weighted by molar-refractivity contribution is 5.76. The Hall–Kier alpha value is -0.810. The van der Waals surface area contributed by atoms with Crippen LogP contribution in [0.5, 0.6) is 0 Å². The van der Waals surface area contributed by atoms with Gasteiger partial charge in [-0.2, -0.15) is 0 Å². The van der Waals surface area contributed by atoms with E-state index in [0.29, 0.717) is 12.8 Å². The Labute approximate surface area is 357 Å². The van der Waals surface area contributed by atoms with Crippen LogP contribution >= 0.6 is 0 Å². The third-order valence-corrected chi connectivity index (χ3v) is 12.5. The first-order valence-corrected chi connectivity index (χ1v) is 25.2. The number of rotatable bonds is 43. The maximum absolute atomic E-state index is 12.8. The fourth-order valence-electron chi connectivity index (χ4n) is 8.40. The number of hydrogen-bond donors (Lipinski definition) is 6. The van der Waals surface area contributed by atoms with Crippen molar-refractivity contribution in [3.05, 3.63) is 0 Å². The summed E-state index contributed by atoms with van der Waals surface area (Å²) < 4.78 is 11.1. The van der Waals surface area contributed by atoms with Crippen LogP contribution in [-0.2, 0) is 14.3 Å². The van der Waals surface area contributed by atoms with Crippen LogP contribution in [0.25, 0.3) is 0 Å². The second kappa shape index (κ2) is 40.3. The van der Waals surface area contributed by atoms with Crippen molar-refractivity contribution in [1.29, 1.82) is 0 Å². The van der Waals surface area contributed by atoms with E-state index in [1.165, 1.54) is 186 Å². The number of aliphatic hydroxyl groups is 5. The predicted molar refractivity (Wildman–Crippen MR) is 240 cm³/mol. The third-order valence-electron chi connectivity index (χ3n) is 12.5. The Morgan fingerprint density at radius 1 is 0.517 bits per heavy atom. The van der Waals surface area contributed by atoms with Crippen molar-refractivity contribution in [3.8, 4) is 0 Å². The normalized spacial score (nSPS) is 20.7. The highest BCUT2D eigenvalue weighted by Crippen LogP contribution is 2.23. The molecule has 7 unspecified atom stereocenters. The van der Waals surface area contributed by atoms with E-state index in [0.717, 1.165) is 38.5 Å². The van der Waals surface area contributed by atoms with Gasteiger partial charge in [-0.3, -0.25) is 4.79 Å². The summed E-state index contributed by atoms with van der Waals surface area (Å²) in [6.07, 6.45) is 39.7. The molecule has 1 amide bonds. The second-order valence-electron chi connectivity index (χ2n) is 18.0. The number of amides is 1. The van der Waals surface area contributed by atoms with Crippen molar-refractivity contribution in [2.24, 2.45) is 0 Å². The summed E-state index contributed by atoms with van der Waals surface area (Å²) in [7, 11) is 0. The SMILES string of the molecule is CCCCCCCCCCCCCCCCCCCCCCCCCCCCCCCCCCC(=O)NC(COC1OC(CO)C(O)C(O)C1O)C(O)CCCCC. The molecular weight excluding hydrogens is 731 g/mol. The van der Waals surface area contributed by atoms with Crippen molar-refractivity contribution in [2.75, 3.05) is 13.2 Å². The Kier molecular flexibility index (Phi) is 38.3. The maximum Gasteiger partial charge on any atom is 0.220 e. The highest BCUT2D eigenvalue weighted by Gasteiger charge is 2.44. The van der Waals surface area contributed by atoms with Crippen LogP contribution in [0.3, 0.4) is 0 Å². The lowest BCUT2D eigenvalue weighted by atomic mass is 9.99. The van der Waals surface area contributed by atoms with E-state index in [-0.39, 0.29) is 12.5 Å². The lowest BCUT2D eigenvalue weighted by Crippen LogP contribution is -2.60. The topological polar surface area (TPSA) is 149 Å². The largest absolute Gasteiger partial charge is 0.394 e. The molecule has 0 bridgehead atoms. The molecule has 1 fully saturated rings. The summed E-state index contributed by atoms with van der Waals surface area (Å²) in [5.41, 5.74) is 0. The predicted octanol–water partition coefficient (Wildman–Crippen LogP) is 11.1. The number of nitrogens with one attached hydrogen (secondary N) is 1. The van der Waals surface area contributed by atoms with Gasteiger partial charge < -0.3 is 40.3 Å². The lowest BCUT2D eigenvalue weighted by Gasteiger charge is -2.40. The van der Waals surface area contributed by atoms with Gasteiger partial charge in [-0.05, 0) is 12.8 Å². The summed E-state index contributed by atoms with van der Waals surface area (Å²) in [4.78, 5) is 12.8. The molecule has 0 aliphatic carbocycles. The van der Waals surface area contributed by atoms with E-state index in [2.05, 4.69) is 19.2 Å². The van der Waals surface area contributed by atoms with Crippen molar-refractivity contribution in [1.82, 2.24) is 5.32 Å². The van der Waals surface area contributed by atoms with Gasteiger partial charge in [0, 0.05) is 6.42 Å². The number of aliphatic hydroxyl groups excluding tert-OH is 5. The van der Waals surface area contributed by atoms with Gasteiger partial charge in [-0.15, -0.1) is 0 Å². The molecule has 1 heterocycles. The molecule has 9 nitrogen and oxygen atoms in total. The van der Waals surface area contributed by atoms with Crippen molar-refractivity contribution in [2.45, 2.75) is 294 Å². The van der Waals surface area contributed by atoms with Gasteiger partial charge in [0.25, 0.3) is 0 Å². The molecule has 58 heavy (non-hydrogen) atoms. The van der Waals surface area contributed by atoms with Gasteiger partial charge >= 0.3 is 0 Å². The van der Waals surface area contributed by atoms with Crippen molar-refractivity contribution in [3.63, 3.8) is 0 Å². The van der Waals surface area contributed by atoms with Gasteiger partial charge in [-0.1, -0.05) is 232 Å². The zero-order chi connectivity index (χ0) is 42.3. The minimum atomic E-state index is -1.55. The zero-order valence-electron chi connectivity index (χ0n) is 38.1. The first-order valence-electron chi connectivity index (χ1n) is 25.2. The molecule has 0 aromatic heterocycles. The minimum absolute atomic E-state index is 0.138. The smallest absolute Gasteiger partial charge is 0.220 e. The van der Waals surface area contributed by atoms with Gasteiger partial charge in [0.15, 0.2) is 6.29 Å². The molecule has 1 aliphatic heterocycles. The molecule has 1 saturated heterocycles. The molecule has 346 valence electrons. The van der Waals surface area contributed by atoms with Crippen molar-refractivity contribution >= 4 is 5.91 Å². The van der Waals surface area contributed by atoms with Crippen LogP contribution < -0.4 is 5.32 Å². The number of unbranched alkanes of at least 4 members (excludes halogenated alkanes) is 33. The van der Waals surface area contributed by atoms with Crippen LogP contribution in [0.2, 0.25) is 0 Å². The third kappa shape index (κ3) is 30.3. The van der Waals surface area contributed by atoms with E-state index >= 15 is 0 Å². The number of ether oxygens (including phenoxy) is 2. The molecule has 0 aromatic rings. The number of carbonyl (C=O) groups excluding carboxylic acids is 1. The van der Waals surface area contributed by atoms with Crippen LogP contribution in [0.4, 0.5) is 0 Å². The van der Waals surface area contributed by atoms with Crippen LogP contribution in [-0.4, -0.2) is 87.5 Å². The molecule has 1 rings (SSSR count). The lowest BCUT2D eigenvalue weighted by molar-refractivity contribution is -0.302. The van der Waals surface area contributed by atoms with Gasteiger partial charge in [0.05, 0.1) is 25.4 Å². The Morgan fingerprint density at radius 2 is 0.862 bits per heavy atom. The summed E-state index contributed by atoms with van der Waals surface area (Å²) in [6, 6.07) is -0.708. The zero-order valence-corrected chi connectivity index (χ0v) is 38.1. The molecule has 0 saturated carbocycles. The average molecular weight is 828 g/mol. The maximum atomic E-state index is 12.8. The van der Waals surface area contributed by atoms with E-state index in [1.54, 1.807) is 0 Å². The first kappa shape index (κ1) is 55.2. The van der Waals surface area contributed by atoms with Crippen LogP contribution in [0.1, 0.15) is 251 Å². The molecule has 1 aliphatic rings. The fraction of sp³-hybridized carbons (Fsp3) is 0.980. The Balaban J connectivity index is 1.93. The molecule has 6 N–H and O–H groups in total. The fourth-order valence-corrected chi connectivity index (χ4v) is 8.40. The Bertz CT molecular complexity index is 878. The molecule has 0 spiro atoms. The van der Waals surface area contributed by atoms with Gasteiger partial charge in [0.2, 0.25) is 5.91 Å². The Morgan fingerprint density at radius 3 is 1.22 bits per heavy atom. The van der Waals surface area contributed by atoms with Gasteiger partial charge in [0.1, 0.15) is 24.4 Å². The molecule has 7 atom stereocenters. The van der Waals surface area contributed by atoms with Crippen molar-refractivity contribution < 1.29 is 39.8 Å². The highest BCUT2D eigenvalue weighted by atomic mass is 16.7. The van der Waals surface area contributed by atoms with Crippen LogP contribution in [0, 0.1) is 0 Å². The molecule has 9 heteroatoms. The van der Waals surface area contributed by atoms with Gasteiger partial charge in [-0.25, -0.2) is 0 Å². The molecular formula is C49H97NO8. The van der Waals surface area contributed by atoms with E-state index in [4.69, 9.17) is 9.47 Å². The van der Waals surface area contributed by atoms with E-state index in [1.807, 2.05) is 0 Å². The second-order valence-corrected chi connectivity index (χ2v) is 18.0. The molecule has 0 aromatic carbocycles. The molecule has 0 radical (unpaired) electrons. The first-order chi connectivity index (χ1) is 28.3. The summed E-state index contributed by atoms with van der Waals surface area (Å²) in [6.45, 7) is 3.69. The summed E-state index contributed by atoms with van der Waals surface area (Å²) in [5, 5.41) is 53.6. The summed E-state index contributed by atoms with van der Waals surface area (Å²) >= 11 is 0. The summed E-state index contributed by atoms with van der Waals surface area (Å²) in [5.74, 6) is -0.150. The average Bonchev–Trinajstić information content (AvgIpc) is 3.22. The number of hydrogen-bond acceptors (Lipinski definition) is 8. The van der Waals surface area contributed by atoms with E-state index < -0.39 is 49.5 Å². The number of carbonyl (C=O) groups is 1. The van der Waals surface area contributed by atoms with Crippen LogP contribution in [0.15, 0.2) is 0 Å².